The van der Waals surface area contributed by atoms with E-state index >= 15 is 0 Å². The van der Waals surface area contributed by atoms with E-state index in [4.69, 9.17) is 4.42 Å². The van der Waals surface area contributed by atoms with Crippen LogP contribution in [0.2, 0.25) is 0 Å². The second kappa shape index (κ2) is 9.46. The van der Waals surface area contributed by atoms with Gasteiger partial charge in [-0.25, -0.2) is 0 Å². The fourth-order valence-corrected chi connectivity index (χ4v) is 4.36. The van der Waals surface area contributed by atoms with Crippen molar-refractivity contribution in [2.45, 2.75) is 13.3 Å². The molecule has 4 aromatic rings. The van der Waals surface area contributed by atoms with Crippen molar-refractivity contribution in [2.24, 2.45) is 0 Å². The molecule has 1 amide bonds. The third-order valence-electron chi connectivity index (χ3n) is 6.23. The highest BCUT2D eigenvalue weighted by atomic mass is 16.3. The van der Waals surface area contributed by atoms with Crippen LogP contribution in [0.15, 0.2) is 77.5 Å². The van der Waals surface area contributed by atoms with E-state index in [1.807, 2.05) is 61.8 Å². The Balaban J connectivity index is 1.23. The zero-order valence-electron chi connectivity index (χ0n) is 18.8. The molecule has 5 rings (SSSR count). The highest BCUT2D eigenvalue weighted by molar-refractivity contribution is 6.06. The number of rotatable bonds is 6. The van der Waals surface area contributed by atoms with E-state index in [-0.39, 0.29) is 5.91 Å². The number of anilines is 2. The molecule has 0 unspecified atom stereocenters. The molecule has 33 heavy (non-hydrogen) atoms. The summed E-state index contributed by atoms with van der Waals surface area (Å²) in [5.41, 5.74) is 5.04. The number of nitrogens with zero attached hydrogens (tertiary/aromatic N) is 3. The first-order chi connectivity index (χ1) is 16.2. The Hall–Kier alpha value is -3.64. The summed E-state index contributed by atoms with van der Waals surface area (Å²) in [7, 11) is 0. The van der Waals surface area contributed by atoms with E-state index in [0.717, 1.165) is 67.1 Å². The number of fused-ring (bicyclic) bond motifs is 1. The molecule has 1 N–H and O–H groups in total. The van der Waals surface area contributed by atoms with Gasteiger partial charge >= 0.3 is 0 Å². The van der Waals surface area contributed by atoms with Crippen LogP contribution in [0, 0.1) is 6.92 Å². The van der Waals surface area contributed by atoms with Gasteiger partial charge in [-0.05, 0) is 61.4 Å². The lowest BCUT2D eigenvalue weighted by molar-refractivity contribution is 0.0998. The van der Waals surface area contributed by atoms with Crippen LogP contribution in [-0.2, 0) is 6.42 Å². The highest BCUT2D eigenvalue weighted by Crippen LogP contribution is 2.28. The number of furan rings is 1. The first-order valence-corrected chi connectivity index (χ1v) is 11.4. The van der Waals surface area contributed by atoms with Crippen molar-refractivity contribution in [3.05, 3.63) is 89.9 Å². The number of carbonyl (C=O) groups is 1. The zero-order valence-corrected chi connectivity index (χ0v) is 18.8. The highest BCUT2D eigenvalue weighted by Gasteiger charge is 2.21. The van der Waals surface area contributed by atoms with E-state index < -0.39 is 0 Å². The first-order valence-electron chi connectivity index (χ1n) is 11.4. The quantitative estimate of drug-likeness (QED) is 0.469. The molecule has 2 aromatic heterocycles. The van der Waals surface area contributed by atoms with E-state index in [0.29, 0.717) is 5.76 Å². The smallest absolute Gasteiger partial charge is 0.291 e. The molecular formula is C27H28N4O2. The molecule has 1 aliphatic rings. The maximum Gasteiger partial charge on any atom is 0.291 e. The van der Waals surface area contributed by atoms with Crippen LogP contribution in [0.5, 0.6) is 0 Å². The van der Waals surface area contributed by atoms with Gasteiger partial charge in [-0.15, -0.1) is 0 Å². The van der Waals surface area contributed by atoms with Gasteiger partial charge in [0.15, 0.2) is 5.76 Å². The van der Waals surface area contributed by atoms with Gasteiger partial charge in [0.05, 0.1) is 11.4 Å². The Kier molecular flexibility index (Phi) is 6.09. The molecule has 6 heteroatoms. The number of aryl methyl sites for hydroxylation is 1. The standard InChI is InChI=1S/C27H28N4O2/c1-20-6-7-25-22(18-20)19-26(33-25)27(32)29-23-4-2-3-5-24(23)31-16-14-30(15-17-31)13-10-21-8-11-28-12-9-21/h2-9,11-12,18-19H,10,13-17H2,1H3,(H,29,32). The number of piperazine rings is 1. The van der Waals surface area contributed by atoms with Crippen LogP contribution in [0.25, 0.3) is 11.0 Å². The van der Waals surface area contributed by atoms with Crippen molar-refractivity contribution in [2.75, 3.05) is 42.9 Å². The molecule has 0 spiro atoms. The van der Waals surface area contributed by atoms with Crippen LogP contribution in [0.1, 0.15) is 21.7 Å². The fraction of sp³-hybridized carbons (Fsp3) is 0.259. The predicted molar refractivity (Wildman–Crippen MR) is 132 cm³/mol. The minimum atomic E-state index is -0.229. The summed E-state index contributed by atoms with van der Waals surface area (Å²) >= 11 is 0. The minimum Gasteiger partial charge on any atom is -0.451 e. The lowest BCUT2D eigenvalue weighted by atomic mass is 10.1. The second-order valence-corrected chi connectivity index (χ2v) is 8.56. The van der Waals surface area contributed by atoms with E-state index in [2.05, 4.69) is 38.3 Å². The topological polar surface area (TPSA) is 61.6 Å². The summed E-state index contributed by atoms with van der Waals surface area (Å²) in [6.07, 6.45) is 4.74. The minimum absolute atomic E-state index is 0.229. The Morgan fingerprint density at radius 3 is 2.61 bits per heavy atom. The van der Waals surface area contributed by atoms with E-state index in [1.165, 1.54) is 5.56 Å². The molecule has 1 saturated heterocycles. The predicted octanol–water partition coefficient (Wildman–Crippen LogP) is 4.75. The Morgan fingerprint density at radius 2 is 1.79 bits per heavy atom. The number of amides is 1. The molecule has 0 radical (unpaired) electrons. The number of carbonyl (C=O) groups excluding carboxylic acids is 1. The third-order valence-corrected chi connectivity index (χ3v) is 6.23. The van der Waals surface area contributed by atoms with Crippen LogP contribution < -0.4 is 10.2 Å². The molecule has 1 aliphatic heterocycles. The average Bonchev–Trinajstić information content (AvgIpc) is 3.28. The van der Waals surface area contributed by atoms with Gasteiger partial charge in [0.25, 0.3) is 5.91 Å². The SMILES string of the molecule is Cc1ccc2oc(C(=O)Nc3ccccc3N3CCN(CCc4ccncc4)CC3)cc2c1. The van der Waals surface area contributed by atoms with Crippen molar-refractivity contribution < 1.29 is 9.21 Å². The number of pyridine rings is 1. The monoisotopic (exact) mass is 440 g/mol. The van der Waals surface area contributed by atoms with Gasteiger partial charge in [-0.1, -0.05) is 23.8 Å². The van der Waals surface area contributed by atoms with Crippen molar-refractivity contribution >= 4 is 28.3 Å². The number of hydrogen-bond donors (Lipinski definition) is 1. The first kappa shape index (κ1) is 21.2. The summed E-state index contributed by atoms with van der Waals surface area (Å²) < 4.78 is 5.78. The number of benzene rings is 2. The van der Waals surface area contributed by atoms with Crippen molar-refractivity contribution in [1.82, 2.24) is 9.88 Å². The summed E-state index contributed by atoms with van der Waals surface area (Å²) in [6, 6.07) is 19.9. The maximum absolute atomic E-state index is 12.9. The van der Waals surface area contributed by atoms with Gasteiger partial charge in [-0.3, -0.25) is 14.7 Å². The Morgan fingerprint density at radius 1 is 1.00 bits per heavy atom. The number of para-hydroxylation sites is 2. The molecule has 0 bridgehead atoms. The van der Waals surface area contributed by atoms with Crippen LogP contribution in [-0.4, -0.2) is 48.5 Å². The Labute approximate surface area is 193 Å². The Bertz CT molecular complexity index is 1240. The van der Waals surface area contributed by atoms with Gasteiger partial charge in [-0.2, -0.15) is 0 Å². The lowest BCUT2D eigenvalue weighted by Gasteiger charge is -2.37. The third kappa shape index (κ3) is 4.91. The second-order valence-electron chi connectivity index (χ2n) is 8.56. The number of hydrogen-bond acceptors (Lipinski definition) is 5. The van der Waals surface area contributed by atoms with E-state index in [9.17, 15) is 4.79 Å². The normalized spacial score (nSPS) is 14.5. The molecule has 2 aromatic carbocycles. The summed E-state index contributed by atoms with van der Waals surface area (Å²) in [5, 5.41) is 4.00. The molecular weight excluding hydrogens is 412 g/mol. The van der Waals surface area contributed by atoms with Gasteiger partial charge in [0, 0.05) is 50.5 Å². The van der Waals surface area contributed by atoms with Crippen LogP contribution in [0.4, 0.5) is 11.4 Å². The molecule has 168 valence electrons. The fourth-order valence-electron chi connectivity index (χ4n) is 4.36. The van der Waals surface area contributed by atoms with Gasteiger partial charge < -0.3 is 14.6 Å². The molecule has 1 fully saturated rings. The largest absolute Gasteiger partial charge is 0.451 e. The van der Waals surface area contributed by atoms with Crippen LogP contribution in [0.3, 0.4) is 0 Å². The summed E-state index contributed by atoms with van der Waals surface area (Å²) in [5.74, 6) is 0.0959. The average molecular weight is 441 g/mol. The number of aromatic nitrogens is 1. The van der Waals surface area contributed by atoms with Crippen LogP contribution >= 0.6 is 0 Å². The summed E-state index contributed by atoms with van der Waals surface area (Å²) in [4.78, 5) is 21.9. The van der Waals surface area contributed by atoms with Crippen molar-refractivity contribution in [3.8, 4) is 0 Å². The number of nitrogens with one attached hydrogen (secondary N) is 1. The van der Waals surface area contributed by atoms with Crippen molar-refractivity contribution in [1.29, 1.82) is 0 Å². The summed E-state index contributed by atoms with van der Waals surface area (Å²) in [6.45, 7) is 6.91. The zero-order chi connectivity index (χ0) is 22.6. The van der Waals surface area contributed by atoms with E-state index in [1.54, 1.807) is 0 Å². The van der Waals surface area contributed by atoms with Gasteiger partial charge in [0.2, 0.25) is 0 Å². The van der Waals surface area contributed by atoms with Crippen molar-refractivity contribution in [3.63, 3.8) is 0 Å². The lowest BCUT2D eigenvalue weighted by Crippen LogP contribution is -2.47. The molecule has 6 nitrogen and oxygen atoms in total. The molecule has 0 atom stereocenters. The molecule has 3 heterocycles. The van der Waals surface area contributed by atoms with Gasteiger partial charge in [0.1, 0.15) is 5.58 Å². The molecule has 0 saturated carbocycles. The molecule has 0 aliphatic carbocycles. The maximum atomic E-state index is 12.9.